The molecular formula is C19H22BrN3O2S. The summed E-state index contributed by atoms with van der Waals surface area (Å²) < 4.78 is 2.48. The number of benzene rings is 1. The van der Waals surface area contributed by atoms with Crippen LogP contribution in [0.15, 0.2) is 28.1 Å². The van der Waals surface area contributed by atoms with Gasteiger partial charge in [0.15, 0.2) is 5.16 Å². The van der Waals surface area contributed by atoms with Gasteiger partial charge >= 0.3 is 5.97 Å². The number of halogens is 1. The molecule has 0 radical (unpaired) electrons. The van der Waals surface area contributed by atoms with Gasteiger partial charge in [0.25, 0.3) is 0 Å². The number of carboxylic acids is 1. The first-order valence-corrected chi connectivity index (χ1v) is 10.6. The van der Waals surface area contributed by atoms with Gasteiger partial charge in [-0.25, -0.2) is 0 Å². The van der Waals surface area contributed by atoms with E-state index in [1.165, 1.54) is 41.3 Å². The fraction of sp³-hybridized carbons (Fsp3) is 0.421. The molecule has 0 unspecified atom stereocenters. The molecule has 1 saturated carbocycles. The van der Waals surface area contributed by atoms with Gasteiger partial charge in [-0.2, -0.15) is 0 Å². The van der Waals surface area contributed by atoms with Crippen LogP contribution in [-0.4, -0.2) is 31.6 Å². The number of hydrogen-bond donors (Lipinski definition) is 1. The van der Waals surface area contributed by atoms with Crippen molar-refractivity contribution < 1.29 is 9.90 Å². The van der Waals surface area contributed by atoms with Gasteiger partial charge in [-0.15, -0.1) is 10.2 Å². The number of carboxylic acid groups (broad SMARTS) is 1. The minimum Gasteiger partial charge on any atom is -0.481 e. The molecule has 1 aromatic carbocycles. The third-order valence-electron chi connectivity index (χ3n) is 4.42. The highest BCUT2D eigenvalue weighted by Gasteiger charge is 2.28. The molecule has 0 bridgehead atoms. The Labute approximate surface area is 166 Å². The van der Waals surface area contributed by atoms with Crippen molar-refractivity contribution in [2.24, 2.45) is 0 Å². The molecule has 3 rings (SSSR count). The Bertz CT molecular complexity index is 844. The fourth-order valence-electron chi connectivity index (χ4n) is 3.13. The summed E-state index contributed by atoms with van der Waals surface area (Å²) >= 11 is 4.65. The average Bonchev–Trinajstić information content (AvgIpc) is 3.40. The summed E-state index contributed by atoms with van der Waals surface area (Å²) in [6.45, 7) is 4.31. The number of thioether (sulfide) groups is 1. The number of aliphatic carboxylic acids is 1. The van der Waals surface area contributed by atoms with Crippen molar-refractivity contribution in [2.45, 2.75) is 50.6 Å². The van der Waals surface area contributed by atoms with Crippen molar-refractivity contribution in [3.63, 3.8) is 0 Å². The Morgan fingerprint density at radius 3 is 2.77 bits per heavy atom. The van der Waals surface area contributed by atoms with Gasteiger partial charge in [-0.1, -0.05) is 43.8 Å². The second-order valence-electron chi connectivity index (χ2n) is 6.27. The average molecular weight is 436 g/mol. The lowest BCUT2D eigenvalue weighted by atomic mass is 9.93. The summed E-state index contributed by atoms with van der Waals surface area (Å²) in [6, 6.07) is 4.33. The quantitative estimate of drug-likeness (QED) is 0.586. The summed E-state index contributed by atoms with van der Waals surface area (Å²) in [4.78, 5) is 11.0. The molecule has 1 N–H and O–H groups in total. The molecule has 0 atom stereocenters. The molecule has 5 nitrogen and oxygen atoms in total. The van der Waals surface area contributed by atoms with E-state index in [0.717, 1.165) is 18.5 Å². The molecule has 0 amide bonds. The standard InChI is InChI=1S/C19H22BrN3O2S/c1-3-5-6-15-13(4-2)14(12-7-8-12)9-10-16(15)23-18(20)21-22-19(23)26-11-17(24)25/h5-6,9-10,12H,3-4,7-8,11H2,1-2H3,(H,24,25)/b6-5-. The molecule has 26 heavy (non-hydrogen) atoms. The van der Waals surface area contributed by atoms with Crippen LogP contribution in [-0.2, 0) is 11.2 Å². The number of hydrogen-bond acceptors (Lipinski definition) is 4. The lowest BCUT2D eigenvalue weighted by molar-refractivity contribution is -0.133. The Morgan fingerprint density at radius 2 is 2.15 bits per heavy atom. The summed E-state index contributed by atoms with van der Waals surface area (Å²) in [5.41, 5.74) is 4.97. The first kappa shape index (κ1) is 19.2. The third-order valence-corrected chi connectivity index (χ3v) is 5.85. The minimum absolute atomic E-state index is 0.0495. The Morgan fingerprint density at radius 1 is 1.38 bits per heavy atom. The predicted molar refractivity (Wildman–Crippen MR) is 108 cm³/mol. The highest BCUT2D eigenvalue weighted by atomic mass is 79.9. The molecule has 0 aliphatic heterocycles. The lowest BCUT2D eigenvalue weighted by Crippen LogP contribution is -2.06. The highest BCUT2D eigenvalue weighted by Crippen LogP contribution is 2.44. The first-order valence-electron chi connectivity index (χ1n) is 8.84. The Balaban J connectivity index is 2.14. The molecule has 138 valence electrons. The molecular weight excluding hydrogens is 414 g/mol. The van der Waals surface area contributed by atoms with Crippen LogP contribution in [0.3, 0.4) is 0 Å². The van der Waals surface area contributed by atoms with Crippen LogP contribution >= 0.6 is 27.7 Å². The maximum Gasteiger partial charge on any atom is 0.313 e. The van der Waals surface area contributed by atoms with E-state index in [4.69, 9.17) is 5.11 Å². The zero-order valence-electron chi connectivity index (χ0n) is 14.9. The van der Waals surface area contributed by atoms with Crippen molar-refractivity contribution >= 4 is 39.7 Å². The van der Waals surface area contributed by atoms with Crippen LogP contribution in [0.2, 0.25) is 0 Å². The summed E-state index contributed by atoms with van der Waals surface area (Å²) in [6.07, 6.45) is 8.79. The topological polar surface area (TPSA) is 68.0 Å². The van der Waals surface area contributed by atoms with E-state index in [9.17, 15) is 4.79 Å². The van der Waals surface area contributed by atoms with Gasteiger partial charge in [0, 0.05) is 5.56 Å². The van der Waals surface area contributed by atoms with Gasteiger partial charge < -0.3 is 5.11 Å². The van der Waals surface area contributed by atoms with E-state index in [0.29, 0.717) is 15.8 Å². The maximum absolute atomic E-state index is 11.0. The van der Waals surface area contributed by atoms with Crippen LogP contribution in [0.5, 0.6) is 0 Å². The zero-order chi connectivity index (χ0) is 18.7. The predicted octanol–water partition coefficient (Wildman–Crippen LogP) is 5.07. The van der Waals surface area contributed by atoms with Crippen LogP contribution in [0.25, 0.3) is 11.8 Å². The number of allylic oxidation sites excluding steroid dienone is 1. The molecule has 1 aliphatic rings. The second kappa shape index (κ2) is 8.39. The van der Waals surface area contributed by atoms with Crippen molar-refractivity contribution in [1.29, 1.82) is 0 Å². The van der Waals surface area contributed by atoms with Crippen molar-refractivity contribution in [3.05, 3.63) is 39.6 Å². The second-order valence-corrected chi connectivity index (χ2v) is 7.93. The smallest absolute Gasteiger partial charge is 0.313 e. The molecule has 1 fully saturated rings. The SMILES string of the molecule is CC/C=C\c1c(-n2c(Br)nnc2SCC(=O)O)ccc(C2CC2)c1CC. The summed E-state index contributed by atoms with van der Waals surface area (Å²) in [5, 5.41) is 17.8. The van der Waals surface area contributed by atoms with E-state index in [2.05, 4.69) is 64.3 Å². The molecule has 0 spiro atoms. The van der Waals surface area contributed by atoms with Crippen LogP contribution < -0.4 is 0 Å². The number of nitrogens with zero attached hydrogens (tertiary/aromatic N) is 3. The third kappa shape index (κ3) is 4.04. The van der Waals surface area contributed by atoms with Gasteiger partial charge in [0.1, 0.15) is 0 Å². The molecule has 1 aliphatic carbocycles. The lowest BCUT2D eigenvalue weighted by Gasteiger charge is -2.18. The van der Waals surface area contributed by atoms with E-state index in [1.807, 2.05) is 4.57 Å². The molecule has 1 aromatic heterocycles. The van der Waals surface area contributed by atoms with Gasteiger partial charge in [-0.3, -0.25) is 9.36 Å². The van der Waals surface area contributed by atoms with Crippen molar-refractivity contribution in [1.82, 2.24) is 14.8 Å². The van der Waals surface area contributed by atoms with E-state index < -0.39 is 5.97 Å². The van der Waals surface area contributed by atoms with Crippen LogP contribution in [0, 0.1) is 0 Å². The normalized spacial score (nSPS) is 14.3. The van der Waals surface area contributed by atoms with Crippen LogP contribution in [0.1, 0.15) is 55.7 Å². The fourth-order valence-corrected chi connectivity index (χ4v) is 4.35. The van der Waals surface area contributed by atoms with Gasteiger partial charge in [0.05, 0.1) is 11.4 Å². The highest BCUT2D eigenvalue weighted by molar-refractivity contribution is 9.10. The Kier molecular flexibility index (Phi) is 6.19. The van der Waals surface area contributed by atoms with Gasteiger partial charge in [-0.05, 0) is 64.7 Å². The van der Waals surface area contributed by atoms with Crippen molar-refractivity contribution in [3.8, 4) is 5.69 Å². The van der Waals surface area contributed by atoms with E-state index in [1.54, 1.807) is 0 Å². The van der Waals surface area contributed by atoms with Crippen molar-refractivity contribution in [2.75, 3.05) is 5.75 Å². The zero-order valence-corrected chi connectivity index (χ0v) is 17.3. The van der Waals surface area contributed by atoms with E-state index >= 15 is 0 Å². The molecule has 2 aromatic rings. The molecule has 1 heterocycles. The Hall–Kier alpha value is -1.60. The van der Waals surface area contributed by atoms with Gasteiger partial charge in [0.2, 0.25) is 4.73 Å². The largest absolute Gasteiger partial charge is 0.481 e. The molecule has 0 saturated heterocycles. The number of carbonyl (C=O) groups is 1. The monoisotopic (exact) mass is 435 g/mol. The molecule has 7 heteroatoms. The van der Waals surface area contributed by atoms with E-state index in [-0.39, 0.29) is 5.75 Å². The number of aromatic nitrogens is 3. The summed E-state index contributed by atoms with van der Waals surface area (Å²) in [5.74, 6) is -0.241. The van der Waals surface area contributed by atoms with Crippen LogP contribution in [0.4, 0.5) is 0 Å². The first-order chi connectivity index (χ1) is 12.6. The maximum atomic E-state index is 11.0. The number of rotatable bonds is 8. The minimum atomic E-state index is -0.870. The summed E-state index contributed by atoms with van der Waals surface area (Å²) in [7, 11) is 0.